The van der Waals surface area contributed by atoms with Crippen LogP contribution < -0.4 is 0 Å². The average molecular weight is 389 g/mol. The first kappa shape index (κ1) is 14.2. The van der Waals surface area contributed by atoms with E-state index in [9.17, 15) is 0 Å². The van der Waals surface area contributed by atoms with Crippen LogP contribution in [0.4, 0.5) is 0 Å². The highest BCUT2D eigenvalue weighted by molar-refractivity contribution is 14.1. The van der Waals surface area contributed by atoms with E-state index in [1.54, 1.807) is 11.8 Å². The minimum atomic E-state index is 0.790. The van der Waals surface area contributed by atoms with E-state index in [2.05, 4.69) is 52.9 Å². The van der Waals surface area contributed by atoms with Gasteiger partial charge in [0.05, 0.1) is 0 Å². The summed E-state index contributed by atoms with van der Waals surface area (Å²) in [6.07, 6.45) is 2.42. The predicted molar refractivity (Wildman–Crippen MR) is 89.2 cm³/mol. The summed E-state index contributed by atoms with van der Waals surface area (Å²) in [4.78, 5) is 2.44. The lowest BCUT2D eigenvalue weighted by Crippen LogP contribution is -1.85. The van der Waals surface area contributed by atoms with Gasteiger partial charge in [-0.1, -0.05) is 64.2 Å². The molecule has 2 rings (SSSR count). The first-order valence-electron chi connectivity index (χ1n) is 5.86. The van der Waals surface area contributed by atoms with Crippen LogP contribution >= 0.6 is 46.0 Å². The molecule has 0 aromatic heterocycles. The van der Waals surface area contributed by atoms with Crippen molar-refractivity contribution in [3.8, 4) is 0 Å². The van der Waals surface area contributed by atoms with Crippen LogP contribution in [0, 0.1) is 0 Å². The van der Waals surface area contributed by atoms with Gasteiger partial charge in [0.25, 0.3) is 0 Å². The second-order valence-corrected chi connectivity index (χ2v) is 6.66. The van der Waals surface area contributed by atoms with Gasteiger partial charge in [-0.3, -0.25) is 0 Å². The first-order valence-corrected chi connectivity index (χ1v) is 8.58. The molecule has 0 saturated heterocycles. The second kappa shape index (κ2) is 7.41. The van der Waals surface area contributed by atoms with E-state index in [1.807, 2.05) is 18.2 Å². The summed E-state index contributed by atoms with van der Waals surface area (Å²) in [5.74, 6) is 0. The van der Waals surface area contributed by atoms with Crippen molar-refractivity contribution in [2.24, 2.45) is 0 Å². The molecule has 18 heavy (non-hydrogen) atoms. The number of halogens is 2. The third kappa shape index (κ3) is 4.48. The molecule has 0 heterocycles. The molecule has 0 spiro atoms. The lowest BCUT2D eigenvalue weighted by Gasteiger charge is -2.04. The zero-order valence-corrected chi connectivity index (χ0v) is 13.6. The summed E-state index contributed by atoms with van der Waals surface area (Å²) in [7, 11) is 0. The van der Waals surface area contributed by atoms with E-state index in [1.165, 1.54) is 32.6 Å². The molecule has 0 bridgehead atoms. The number of aryl methyl sites for hydroxylation is 1. The van der Waals surface area contributed by atoms with E-state index in [0.717, 1.165) is 5.02 Å². The predicted octanol–water partition coefficient (Wildman–Crippen LogP) is 5.86. The van der Waals surface area contributed by atoms with Gasteiger partial charge in [-0.15, -0.1) is 0 Å². The van der Waals surface area contributed by atoms with E-state index in [0.29, 0.717) is 0 Å². The molecule has 0 saturated carbocycles. The molecule has 2 aromatic carbocycles. The highest BCUT2D eigenvalue weighted by atomic mass is 127. The standard InChI is InChI=1S/C15H14ClIS/c16-13-4-1-5-15(11-13)18-14-8-6-12(7-9-14)3-2-10-17/h1,4-9,11H,2-3,10H2. The van der Waals surface area contributed by atoms with E-state index in [4.69, 9.17) is 11.6 Å². The monoisotopic (exact) mass is 388 g/mol. The van der Waals surface area contributed by atoms with Crippen molar-refractivity contribution in [2.75, 3.05) is 4.43 Å². The van der Waals surface area contributed by atoms with Crippen LogP contribution in [0.2, 0.25) is 5.02 Å². The maximum absolute atomic E-state index is 5.98. The Hall–Kier alpha value is -0.190. The topological polar surface area (TPSA) is 0 Å². The van der Waals surface area contributed by atoms with Crippen molar-refractivity contribution >= 4 is 46.0 Å². The SMILES string of the molecule is Clc1cccc(Sc2ccc(CCCI)cc2)c1. The smallest absolute Gasteiger partial charge is 0.0417 e. The fraction of sp³-hybridized carbons (Fsp3) is 0.200. The van der Waals surface area contributed by atoms with Crippen LogP contribution in [-0.4, -0.2) is 4.43 Å². The Morgan fingerprint density at radius 1 is 1.00 bits per heavy atom. The molecular formula is C15H14ClIS. The van der Waals surface area contributed by atoms with Crippen molar-refractivity contribution in [1.82, 2.24) is 0 Å². The Bertz CT molecular complexity index is 496. The molecule has 3 heteroatoms. The second-order valence-electron chi connectivity index (χ2n) is 4.00. The average Bonchev–Trinajstić information content (AvgIpc) is 2.38. The number of benzene rings is 2. The summed E-state index contributed by atoms with van der Waals surface area (Å²) in [5, 5.41) is 0.790. The molecule has 0 aliphatic carbocycles. The van der Waals surface area contributed by atoms with Crippen molar-refractivity contribution in [2.45, 2.75) is 22.6 Å². The lowest BCUT2D eigenvalue weighted by molar-refractivity contribution is 0.944. The van der Waals surface area contributed by atoms with Gasteiger partial charge in [-0.2, -0.15) is 0 Å². The Labute approximate surface area is 131 Å². The van der Waals surface area contributed by atoms with Gasteiger partial charge in [0, 0.05) is 14.8 Å². The van der Waals surface area contributed by atoms with Gasteiger partial charge in [0.2, 0.25) is 0 Å². The molecule has 0 radical (unpaired) electrons. The van der Waals surface area contributed by atoms with Crippen LogP contribution in [0.5, 0.6) is 0 Å². The maximum Gasteiger partial charge on any atom is 0.0417 e. The molecule has 0 amide bonds. The van der Waals surface area contributed by atoms with Gasteiger partial charge in [0.15, 0.2) is 0 Å². The summed E-state index contributed by atoms with van der Waals surface area (Å²) < 4.78 is 1.22. The van der Waals surface area contributed by atoms with Gasteiger partial charge in [-0.25, -0.2) is 0 Å². The normalized spacial score (nSPS) is 10.6. The molecule has 94 valence electrons. The fourth-order valence-corrected chi connectivity index (χ4v) is 3.17. The van der Waals surface area contributed by atoms with Crippen LogP contribution in [-0.2, 0) is 6.42 Å². The molecule has 0 nitrogen and oxygen atoms in total. The molecule has 0 aliphatic heterocycles. The zero-order chi connectivity index (χ0) is 12.8. The number of hydrogen-bond acceptors (Lipinski definition) is 1. The Balaban J connectivity index is 2.02. The summed E-state index contributed by atoms with van der Waals surface area (Å²) in [6, 6.07) is 16.8. The first-order chi connectivity index (χ1) is 8.78. The maximum atomic E-state index is 5.98. The van der Waals surface area contributed by atoms with E-state index >= 15 is 0 Å². The molecule has 0 fully saturated rings. The minimum Gasteiger partial charge on any atom is -0.0901 e. The molecule has 2 aromatic rings. The molecular weight excluding hydrogens is 375 g/mol. The van der Waals surface area contributed by atoms with Gasteiger partial charge in [0.1, 0.15) is 0 Å². The quantitative estimate of drug-likeness (QED) is 0.457. The summed E-state index contributed by atoms with van der Waals surface area (Å²) in [6.45, 7) is 0. The largest absolute Gasteiger partial charge is 0.0901 e. The molecule has 0 N–H and O–H groups in total. The van der Waals surface area contributed by atoms with Crippen LogP contribution in [0.25, 0.3) is 0 Å². The van der Waals surface area contributed by atoms with E-state index < -0.39 is 0 Å². The number of hydrogen-bond donors (Lipinski definition) is 0. The lowest BCUT2D eigenvalue weighted by atomic mass is 10.1. The third-order valence-corrected chi connectivity index (χ3v) is 4.55. The van der Waals surface area contributed by atoms with Gasteiger partial charge in [-0.05, 0) is 53.2 Å². The number of rotatable bonds is 5. The zero-order valence-electron chi connectivity index (χ0n) is 9.90. The van der Waals surface area contributed by atoms with Crippen LogP contribution in [0.3, 0.4) is 0 Å². The summed E-state index contributed by atoms with van der Waals surface area (Å²) >= 11 is 10.2. The van der Waals surface area contributed by atoms with Crippen molar-refractivity contribution in [3.63, 3.8) is 0 Å². The highest BCUT2D eigenvalue weighted by Crippen LogP contribution is 2.29. The van der Waals surface area contributed by atoms with Gasteiger partial charge >= 0.3 is 0 Å². The van der Waals surface area contributed by atoms with Crippen molar-refractivity contribution in [3.05, 3.63) is 59.1 Å². The highest BCUT2D eigenvalue weighted by Gasteiger charge is 1.99. The van der Waals surface area contributed by atoms with Crippen molar-refractivity contribution in [1.29, 1.82) is 0 Å². The third-order valence-electron chi connectivity index (χ3n) is 2.55. The van der Waals surface area contributed by atoms with Crippen LogP contribution in [0.15, 0.2) is 58.3 Å². The Kier molecular flexibility index (Phi) is 5.86. The minimum absolute atomic E-state index is 0.790. The van der Waals surface area contributed by atoms with Gasteiger partial charge < -0.3 is 0 Å². The molecule has 0 aliphatic rings. The van der Waals surface area contributed by atoms with E-state index in [-0.39, 0.29) is 0 Å². The van der Waals surface area contributed by atoms with Crippen LogP contribution in [0.1, 0.15) is 12.0 Å². The Morgan fingerprint density at radius 2 is 1.78 bits per heavy atom. The van der Waals surface area contributed by atoms with Crippen molar-refractivity contribution < 1.29 is 0 Å². The fourth-order valence-electron chi connectivity index (χ4n) is 1.66. The summed E-state index contributed by atoms with van der Waals surface area (Å²) in [5.41, 5.74) is 1.42. The Morgan fingerprint density at radius 3 is 2.44 bits per heavy atom. The number of alkyl halides is 1. The molecule has 0 unspecified atom stereocenters. The molecule has 0 atom stereocenters.